The molecule has 2 saturated heterocycles. The monoisotopic (exact) mass is 497 g/mol. The molecule has 1 amide bonds. The van der Waals surface area contributed by atoms with Crippen LogP contribution in [0.4, 0.5) is 4.39 Å². The molecule has 0 N–H and O–H groups in total. The molecule has 0 spiro atoms. The highest BCUT2D eigenvalue weighted by Gasteiger charge is 2.38. The quantitative estimate of drug-likeness (QED) is 0.525. The number of carbonyl (C=O) groups excluding carboxylic acids is 1. The van der Waals surface area contributed by atoms with Gasteiger partial charge in [0, 0.05) is 23.7 Å². The van der Waals surface area contributed by atoms with E-state index in [4.69, 9.17) is 16.3 Å². The van der Waals surface area contributed by atoms with E-state index in [-0.39, 0.29) is 12.0 Å². The number of benzene rings is 1. The third-order valence-corrected chi connectivity index (χ3v) is 8.55. The van der Waals surface area contributed by atoms with Crippen LogP contribution in [-0.2, 0) is 13.1 Å². The Hall–Kier alpha value is -2.71. The fourth-order valence-corrected chi connectivity index (χ4v) is 6.16. The van der Waals surface area contributed by atoms with Crippen molar-refractivity contribution in [3.63, 3.8) is 0 Å². The summed E-state index contributed by atoms with van der Waals surface area (Å²) in [7, 11) is 2.19. The van der Waals surface area contributed by atoms with E-state index in [2.05, 4.69) is 22.0 Å². The van der Waals surface area contributed by atoms with Crippen LogP contribution in [0.5, 0.6) is 5.75 Å². The summed E-state index contributed by atoms with van der Waals surface area (Å²) in [4.78, 5) is 22.4. The van der Waals surface area contributed by atoms with Crippen molar-refractivity contribution in [2.75, 3.05) is 7.05 Å². The summed E-state index contributed by atoms with van der Waals surface area (Å²) >= 11 is 6.35. The number of amides is 1. The Bertz CT molecular complexity index is 1330. The van der Waals surface area contributed by atoms with Crippen molar-refractivity contribution in [1.29, 1.82) is 0 Å². The fourth-order valence-electron chi connectivity index (χ4n) is 6.04. The number of aromatic nitrogens is 3. The minimum atomic E-state index is -0.404. The molecule has 0 radical (unpaired) electrons. The van der Waals surface area contributed by atoms with E-state index in [9.17, 15) is 9.18 Å². The highest BCUT2D eigenvalue weighted by molar-refractivity contribution is 6.31. The zero-order chi connectivity index (χ0) is 24.4. The predicted octanol–water partition coefficient (Wildman–Crippen LogP) is 4.69. The minimum Gasteiger partial charge on any atom is -0.489 e. The molecule has 1 unspecified atom stereocenters. The SMILES string of the molecule is Cc1nc2c3c(nn2c(C)c1Cl)CN(C(=O)c1ccc(F)cc1OC1C[C@H]2CCC[C@@H](C1)N2C)C3. The van der Waals surface area contributed by atoms with Crippen LogP contribution in [-0.4, -0.2) is 55.5 Å². The Morgan fingerprint density at radius 3 is 2.66 bits per heavy atom. The molecule has 3 atom stereocenters. The summed E-state index contributed by atoms with van der Waals surface area (Å²) in [5.74, 6) is -0.260. The normalized spacial score (nSPS) is 24.1. The summed E-state index contributed by atoms with van der Waals surface area (Å²) in [5, 5.41) is 5.27. The summed E-state index contributed by atoms with van der Waals surface area (Å²) in [6.07, 6.45) is 5.35. The van der Waals surface area contributed by atoms with Crippen molar-refractivity contribution < 1.29 is 13.9 Å². The van der Waals surface area contributed by atoms with Crippen molar-refractivity contribution in [3.8, 4) is 5.75 Å². The largest absolute Gasteiger partial charge is 0.489 e. The number of fused-ring (bicyclic) bond motifs is 5. The van der Waals surface area contributed by atoms with Gasteiger partial charge in [-0.15, -0.1) is 0 Å². The molecule has 2 bridgehead atoms. The Morgan fingerprint density at radius 2 is 1.91 bits per heavy atom. The number of piperidine rings is 2. The molecule has 3 aromatic rings. The molecule has 3 aliphatic heterocycles. The smallest absolute Gasteiger partial charge is 0.258 e. The summed E-state index contributed by atoms with van der Waals surface area (Å²) < 4.78 is 22.3. The maximum atomic E-state index is 14.2. The molecule has 184 valence electrons. The van der Waals surface area contributed by atoms with E-state index in [0.29, 0.717) is 41.5 Å². The first-order valence-corrected chi connectivity index (χ1v) is 12.7. The van der Waals surface area contributed by atoms with Gasteiger partial charge in [-0.3, -0.25) is 4.79 Å². The van der Waals surface area contributed by atoms with Crippen LogP contribution in [0.2, 0.25) is 5.02 Å². The van der Waals surface area contributed by atoms with Crippen LogP contribution >= 0.6 is 11.6 Å². The number of halogens is 2. The van der Waals surface area contributed by atoms with Crippen LogP contribution in [0.3, 0.4) is 0 Å². The van der Waals surface area contributed by atoms with Gasteiger partial charge in [0.15, 0.2) is 5.65 Å². The van der Waals surface area contributed by atoms with Crippen LogP contribution < -0.4 is 4.74 Å². The van der Waals surface area contributed by atoms with Gasteiger partial charge in [0.2, 0.25) is 0 Å². The fraction of sp³-hybridized carbons (Fsp3) is 0.500. The van der Waals surface area contributed by atoms with Crippen molar-refractivity contribution in [1.82, 2.24) is 24.4 Å². The van der Waals surface area contributed by atoms with E-state index in [0.717, 1.165) is 54.0 Å². The second-order valence-corrected chi connectivity index (χ2v) is 10.6. The van der Waals surface area contributed by atoms with Crippen molar-refractivity contribution in [2.24, 2.45) is 0 Å². The summed E-state index contributed by atoms with van der Waals surface area (Å²) in [5.41, 5.74) is 4.42. The van der Waals surface area contributed by atoms with Gasteiger partial charge in [0.05, 0.1) is 40.8 Å². The third kappa shape index (κ3) is 3.78. The van der Waals surface area contributed by atoms with E-state index < -0.39 is 5.82 Å². The van der Waals surface area contributed by atoms with Gasteiger partial charge >= 0.3 is 0 Å². The second-order valence-electron chi connectivity index (χ2n) is 10.2. The van der Waals surface area contributed by atoms with E-state index in [1.54, 1.807) is 15.5 Å². The lowest BCUT2D eigenvalue weighted by molar-refractivity contribution is -0.000328. The van der Waals surface area contributed by atoms with Crippen molar-refractivity contribution >= 4 is 23.2 Å². The Labute approximate surface area is 208 Å². The van der Waals surface area contributed by atoms with Gasteiger partial charge < -0.3 is 14.5 Å². The molecule has 0 aliphatic carbocycles. The van der Waals surface area contributed by atoms with E-state index >= 15 is 0 Å². The number of nitrogens with zero attached hydrogens (tertiary/aromatic N) is 5. The van der Waals surface area contributed by atoms with Gasteiger partial charge in [-0.05, 0) is 58.7 Å². The first kappa shape index (κ1) is 22.7. The number of hydrogen-bond acceptors (Lipinski definition) is 5. The third-order valence-electron chi connectivity index (χ3n) is 8.01. The van der Waals surface area contributed by atoms with E-state index in [1.807, 2.05) is 13.8 Å². The number of rotatable bonds is 3. The molecule has 6 rings (SSSR count). The Kier molecular flexibility index (Phi) is 5.49. The number of aryl methyl sites for hydroxylation is 2. The molecule has 3 aliphatic rings. The predicted molar refractivity (Wildman–Crippen MR) is 130 cm³/mol. The first-order valence-electron chi connectivity index (χ1n) is 12.3. The van der Waals surface area contributed by atoms with E-state index in [1.165, 1.54) is 18.6 Å². The lowest BCUT2D eigenvalue weighted by atomic mass is 9.83. The minimum absolute atomic E-state index is 0.0188. The molecule has 2 aromatic heterocycles. The second kappa shape index (κ2) is 8.45. The number of ether oxygens (including phenoxy) is 1. The molecule has 0 saturated carbocycles. The molecular formula is C26H29ClFN5O2. The molecule has 1 aromatic carbocycles. The first-order chi connectivity index (χ1) is 16.8. The standard InChI is InChI=1S/C26H29ClFN5O2/c1-14-24(27)15(2)33-25(29-14)21-12-32(13-22(21)30-33)26(34)20-8-7-16(28)9-23(20)35-19-10-17-5-4-6-18(11-19)31(17)3/h7-9,17-19H,4-6,10-13H2,1-3H3/t17-,18+,19?. The van der Waals surface area contributed by atoms with Crippen LogP contribution in [0.1, 0.15) is 65.1 Å². The number of carbonyl (C=O) groups is 1. The molecule has 5 heterocycles. The average Bonchev–Trinajstić information content (AvgIpc) is 3.37. The lowest BCUT2D eigenvalue weighted by Gasteiger charge is -2.46. The summed E-state index contributed by atoms with van der Waals surface area (Å²) in [6, 6.07) is 5.19. The van der Waals surface area contributed by atoms with Crippen molar-refractivity contribution in [3.05, 3.63) is 57.2 Å². The maximum Gasteiger partial charge on any atom is 0.258 e. The van der Waals surface area contributed by atoms with Gasteiger partial charge in [-0.25, -0.2) is 13.9 Å². The van der Waals surface area contributed by atoms with Crippen LogP contribution in [0.15, 0.2) is 18.2 Å². The Balaban J connectivity index is 1.25. The lowest BCUT2D eigenvalue weighted by Crippen LogP contribution is -2.52. The molecule has 7 nitrogen and oxygen atoms in total. The zero-order valence-electron chi connectivity index (χ0n) is 20.2. The van der Waals surface area contributed by atoms with Gasteiger partial charge in [0.25, 0.3) is 5.91 Å². The van der Waals surface area contributed by atoms with Gasteiger partial charge in [0.1, 0.15) is 17.7 Å². The molecule has 35 heavy (non-hydrogen) atoms. The maximum absolute atomic E-state index is 14.2. The number of hydrogen-bond donors (Lipinski definition) is 0. The molecular weight excluding hydrogens is 469 g/mol. The topological polar surface area (TPSA) is 63.0 Å². The van der Waals surface area contributed by atoms with Crippen molar-refractivity contribution in [2.45, 2.75) is 77.2 Å². The Morgan fingerprint density at radius 1 is 1.17 bits per heavy atom. The highest BCUT2D eigenvalue weighted by atomic mass is 35.5. The average molecular weight is 498 g/mol. The zero-order valence-corrected chi connectivity index (χ0v) is 21.0. The molecule has 9 heteroatoms. The van der Waals surface area contributed by atoms with Gasteiger partial charge in [-0.1, -0.05) is 18.0 Å². The van der Waals surface area contributed by atoms with Crippen LogP contribution in [0.25, 0.3) is 5.65 Å². The van der Waals surface area contributed by atoms with Gasteiger partial charge in [-0.2, -0.15) is 5.10 Å². The summed E-state index contributed by atoms with van der Waals surface area (Å²) in [6.45, 7) is 4.53. The highest BCUT2D eigenvalue weighted by Crippen LogP contribution is 2.36. The van der Waals surface area contributed by atoms with Crippen LogP contribution in [0, 0.1) is 19.7 Å². The molecule has 2 fully saturated rings.